The van der Waals surface area contributed by atoms with Crippen LogP contribution >= 0.6 is 0 Å². The lowest BCUT2D eigenvalue weighted by atomic mass is 9.76. The molecule has 2 amide bonds. The molecule has 1 aliphatic heterocycles. The summed E-state index contributed by atoms with van der Waals surface area (Å²) < 4.78 is 0. The van der Waals surface area contributed by atoms with Crippen molar-refractivity contribution < 1.29 is 28.8 Å². The Hall–Kier alpha value is -3.23. The molecule has 268 valence electrons. The van der Waals surface area contributed by atoms with E-state index < -0.39 is 35.1 Å². The van der Waals surface area contributed by atoms with E-state index in [1.54, 1.807) is 29.3 Å². The Labute approximate surface area is 292 Å². The quantitative estimate of drug-likeness (QED) is 0.160. The van der Waals surface area contributed by atoms with Gasteiger partial charge in [-0.2, -0.15) is 0 Å². The molecule has 1 aromatic rings. The third-order valence-corrected chi connectivity index (χ3v) is 11.7. The molecule has 0 radical (unpaired) electrons. The zero-order chi connectivity index (χ0) is 35.3. The van der Waals surface area contributed by atoms with Crippen LogP contribution < -0.4 is 5.32 Å². The number of fused-ring (bicyclic) bond motifs is 1. The molecule has 49 heavy (non-hydrogen) atoms. The van der Waals surface area contributed by atoms with Crippen molar-refractivity contribution in [2.75, 3.05) is 6.54 Å². The normalized spacial score (nSPS) is 24.5. The Morgan fingerprint density at radius 2 is 1.65 bits per heavy atom. The number of nitrogens with one attached hydrogen (secondary N) is 1. The van der Waals surface area contributed by atoms with Gasteiger partial charge in [0.15, 0.2) is 17.3 Å². The first-order chi connectivity index (χ1) is 23.4. The summed E-state index contributed by atoms with van der Waals surface area (Å²) in [7, 11) is 0. The molecule has 1 N–H and O–H groups in total. The number of aromatic nitrogens is 1. The van der Waals surface area contributed by atoms with E-state index in [0.29, 0.717) is 31.0 Å². The number of amides is 2. The number of hydrogen-bond donors (Lipinski definition) is 1. The summed E-state index contributed by atoms with van der Waals surface area (Å²) >= 11 is 0. The van der Waals surface area contributed by atoms with Crippen LogP contribution in [0.5, 0.6) is 0 Å². The lowest BCUT2D eigenvalue weighted by Gasteiger charge is -2.38. The van der Waals surface area contributed by atoms with Crippen LogP contribution in [0.15, 0.2) is 24.4 Å². The van der Waals surface area contributed by atoms with Crippen molar-refractivity contribution in [2.45, 2.75) is 136 Å². The van der Waals surface area contributed by atoms with E-state index in [0.717, 1.165) is 64.2 Å². The maximum absolute atomic E-state index is 14.7. The van der Waals surface area contributed by atoms with Gasteiger partial charge in [-0.05, 0) is 86.2 Å². The van der Waals surface area contributed by atoms with Crippen LogP contribution in [-0.4, -0.2) is 63.5 Å². The highest BCUT2D eigenvalue weighted by Gasteiger charge is 2.52. The molecule has 3 saturated carbocycles. The zero-order valence-corrected chi connectivity index (χ0v) is 30.1. The highest BCUT2D eigenvalue weighted by Crippen LogP contribution is 2.44. The lowest BCUT2D eigenvalue weighted by Crippen LogP contribution is -2.58. The van der Waals surface area contributed by atoms with E-state index in [2.05, 4.69) is 10.3 Å². The molecule has 9 heteroatoms. The van der Waals surface area contributed by atoms with Crippen molar-refractivity contribution in [3.05, 3.63) is 30.1 Å². The lowest BCUT2D eigenvalue weighted by molar-refractivity contribution is -0.146. The number of rotatable bonds is 16. The van der Waals surface area contributed by atoms with Gasteiger partial charge in [0, 0.05) is 43.8 Å². The number of nitrogens with zero attached hydrogens (tertiary/aromatic N) is 2. The van der Waals surface area contributed by atoms with E-state index in [1.807, 2.05) is 27.7 Å². The molecule has 0 aromatic carbocycles. The average molecular weight is 676 g/mol. The first-order valence-electron chi connectivity index (χ1n) is 19.0. The summed E-state index contributed by atoms with van der Waals surface area (Å²) in [5.74, 6) is -2.42. The van der Waals surface area contributed by atoms with Gasteiger partial charge < -0.3 is 10.2 Å². The van der Waals surface area contributed by atoms with Crippen molar-refractivity contribution in [1.29, 1.82) is 0 Å². The summed E-state index contributed by atoms with van der Waals surface area (Å²) in [6, 6.07) is 3.61. The second-order valence-electron chi connectivity index (χ2n) is 16.5. The predicted molar refractivity (Wildman–Crippen MR) is 186 cm³/mol. The van der Waals surface area contributed by atoms with Crippen LogP contribution in [-0.2, 0) is 24.0 Å². The van der Waals surface area contributed by atoms with E-state index in [9.17, 15) is 28.8 Å². The summed E-state index contributed by atoms with van der Waals surface area (Å²) in [5, 5.41) is 3.12. The first-order valence-corrected chi connectivity index (χ1v) is 19.0. The first kappa shape index (κ1) is 37.0. The molecule has 0 spiro atoms. The SMILES string of the molecule is CCC[C@H](CC(=O)C1[C@H]2CCCC2CN1C(=O)[C@@H](NC(=O)[C@@H](CC(=O)c1ccccn1)C1CCCCC1)C(C)(C)C)C(=O)C(=O)CC1CC1. The highest BCUT2D eigenvalue weighted by atomic mass is 16.2. The summed E-state index contributed by atoms with van der Waals surface area (Å²) in [4.78, 5) is 88.4. The number of Topliss-reactive ketones (excluding diaryl/α,β-unsaturated/α-hetero) is 4. The highest BCUT2D eigenvalue weighted by molar-refractivity contribution is 6.38. The van der Waals surface area contributed by atoms with Gasteiger partial charge in [0.05, 0.1) is 6.04 Å². The average Bonchev–Trinajstić information content (AvgIpc) is 3.65. The molecule has 1 saturated heterocycles. The van der Waals surface area contributed by atoms with Crippen molar-refractivity contribution in [1.82, 2.24) is 15.2 Å². The third-order valence-electron chi connectivity index (χ3n) is 11.7. The van der Waals surface area contributed by atoms with Gasteiger partial charge in [0.2, 0.25) is 17.6 Å². The fourth-order valence-corrected chi connectivity index (χ4v) is 8.80. The maximum Gasteiger partial charge on any atom is 0.246 e. The summed E-state index contributed by atoms with van der Waals surface area (Å²) in [5.41, 5.74) is -0.338. The van der Waals surface area contributed by atoms with Gasteiger partial charge in [0.25, 0.3) is 0 Å². The molecule has 0 bridgehead atoms. The minimum absolute atomic E-state index is 0.0123. The van der Waals surface area contributed by atoms with Gasteiger partial charge in [-0.1, -0.05) is 65.9 Å². The minimum Gasteiger partial charge on any atom is -0.344 e. The summed E-state index contributed by atoms with van der Waals surface area (Å²) in [6.07, 6.45) is 12.5. The molecule has 9 nitrogen and oxygen atoms in total. The van der Waals surface area contributed by atoms with Crippen LogP contribution in [0.3, 0.4) is 0 Å². The Balaban J connectivity index is 1.36. The largest absolute Gasteiger partial charge is 0.344 e. The third kappa shape index (κ3) is 9.12. The van der Waals surface area contributed by atoms with Gasteiger partial charge in [0.1, 0.15) is 11.7 Å². The van der Waals surface area contributed by atoms with Gasteiger partial charge in [-0.25, -0.2) is 0 Å². The van der Waals surface area contributed by atoms with Crippen LogP contribution in [0, 0.1) is 40.9 Å². The van der Waals surface area contributed by atoms with Gasteiger partial charge in [-0.15, -0.1) is 0 Å². The molecule has 3 aliphatic carbocycles. The Morgan fingerprint density at radius 1 is 0.918 bits per heavy atom. The molecule has 4 aliphatic rings. The molecule has 1 aromatic heterocycles. The molecule has 2 heterocycles. The summed E-state index contributed by atoms with van der Waals surface area (Å²) in [6.45, 7) is 8.15. The standard InChI is InChI=1S/C40H57N3O6/c1-5-12-27(36(47)34(46)21-25-18-19-25)22-33(45)35-29-16-11-15-28(29)24-43(35)39(49)37(40(2,3)4)42-38(48)30(26-13-7-6-8-14-26)23-32(44)31-17-9-10-20-41-31/h9-10,17,20,25-30,35,37H,5-8,11-16,18-19,21-24H2,1-4H3,(H,42,48)/t27-,28?,29+,30+,35?,37-/m1/s1. The van der Waals surface area contributed by atoms with Crippen LogP contribution in [0.25, 0.3) is 0 Å². The van der Waals surface area contributed by atoms with E-state index in [4.69, 9.17) is 0 Å². The number of ketones is 4. The number of carbonyl (C=O) groups excluding carboxylic acids is 6. The van der Waals surface area contributed by atoms with Crippen molar-refractivity contribution in [2.24, 2.45) is 40.9 Å². The van der Waals surface area contributed by atoms with Crippen LogP contribution in [0.4, 0.5) is 0 Å². The van der Waals surface area contributed by atoms with Crippen molar-refractivity contribution in [3.63, 3.8) is 0 Å². The monoisotopic (exact) mass is 675 g/mol. The molecular formula is C40H57N3O6. The number of likely N-dealkylation sites (tertiary alicyclic amines) is 1. The fraction of sp³-hybridized carbons (Fsp3) is 0.725. The number of pyridine rings is 1. The molecule has 6 atom stereocenters. The van der Waals surface area contributed by atoms with E-state index in [-0.39, 0.29) is 66.2 Å². The van der Waals surface area contributed by atoms with E-state index in [1.165, 1.54) is 0 Å². The topological polar surface area (TPSA) is 131 Å². The molecule has 5 rings (SSSR count). The van der Waals surface area contributed by atoms with Crippen LogP contribution in [0.1, 0.15) is 134 Å². The molecular weight excluding hydrogens is 618 g/mol. The van der Waals surface area contributed by atoms with Crippen molar-refractivity contribution >= 4 is 34.9 Å². The minimum atomic E-state index is -0.904. The second kappa shape index (κ2) is 16.2. The van der Waals surface area contributed by atoms with E-state index >= 15 is 0 Å². The van der Waals surface area contributed by atoms with Crippen LogP contribution in [0.2, 0.25) is 0 Å². The Kier molecular flexibility index (Phi) is 12.2. The Morgan fingerprint density at radius 3 is 2.29 bits per heavy atom. The van der Waals surface area contributed by atoms with Crippen molar-refractivity contribution in [3.8, 4) is 0 Å². The van der Waals surface area contributed by atoms with Gasteiger partial charge >= 0.3 is 0 Å². The number of carbonyl (C=O) groups is 6. The Bertz CT molecular complexity index is 1380. The molecule has 2 unspecified atom stereocenters. The predicted octanol–water partition coefficient (Wildman–Crippen LogP) is 6.32. The maximum atomic E-state index is 14.7. The number of hydrogen-bond acceptors (Lipinski definition) is 7. The van der Waals surface area contributed by atoms with Gasteiger partial charge in [-0.3, -0.25) is 33.8 Å². The smallest absolute Gasteiger partial charge is 0.246 e. The molecule has 4 fully saturated rings. The zero-order valence-electron chi connectivity index (χ0n) is 30.1. The second-order valence-corrected chi connectivity index (χ2v) is 16.5. The fourth-order valence-electron chi connectivity index (χ4n) is 8.80.